The van der Waals surface area contributed by atoms with Gasteiger partial charge < -0.3 is 9.80 Å². The van der Waals surface area contributed by atoms with Crippen LogP contribution >= 0.6 is 0 Å². The van der Waals surface area contributed by atoms with Crippen LogP contribution in [0.25, 0.3) is 5.65 Å². The molecule has 0 spiro atoms. The highest BCUT2D eigenvalue weighted by molar-refractivity contribution is 5.48. The topological polar surface area (TPSA) is 52.8 Å². The summed E-state index contributed by atoms with van der Waals surface area (Å²) >= 11 is 0. The predicted molar refractivity (Wildman–Crippen MR) is 111 cm³/mol. The van der Waals surface area contributed by atoms with Crippen molar-refractivity contribution in [2.45, 2.75) is 62.9 Å². The van der Waals surface area contributed by atoms with Crippen LogP contribution in [0.15, 0.2) is 12.1 Å². The molecule has 0 N–H and O–H groups in total. The average Bonchev–Trinajstić information content (AvgIpc) is 3.01. The van der Waals surface area contributed by atoms with E-state index in [1.54, 1.807) is 0 Å². The third-order valence-electron chi connectivity index (χ3n) is 7.29. The van der Waals surface area contributed by atoms with E-state index in [2.05, 4.69) is 51.1 Å². The van der Waals surface area contributed by atoms with E-state index in [4.69, 9.17) is 5.10 Å². The summed E-state index contributed by atoms with van der Waals surface area (Å²) in [5.41, 5.74) is 0.872. The Morgan fingerprint density at radius 3 is 2.68 bits per heavy atom. The zero-order valence-corrected chi connectivity index (χ0v) is 17.3. The minimum atomic E-state index is 0.547. The molecule has 152 valence electrons. The van der Waals surface area contributed by atoms with Crippen LogP contribution < -0.4 is 4.90 Å². The van der Waals surface area contributed by atoms with Gasteiger partial charge in [-0.3, -0.25) is 4.90 Å². The monoisotopic (exact) mass is 383 g/mol. The lowest BCUT2D eigenvalue weighted by molar-refractivity contribution is 0.139. The summed E-state index contributed by atoms with van der Waals surface area (Å²) in [4.78, 5) is 7.50. The third kappa shape index (κ3) is 3.39. The second-order valence-corrected chi connectivity index (χ2v) is 9.11. The van der Waals surface area contributed by atoms with Crippen LogP contribution in [0, 0.1) is 0 Å². The molecule has 2 aliphatic heterocycles. The first-order chi connectivity index (χ1) is 13.7. The van der Waals surface area contributed by atoms with E-state index in [0.29, 0.717) is 12.0 Å². The van der Waals surface area contributed by atoms with Gasteiger partial charge >= 0.3 is 0 Å². The molecule has 1 atom stereocenters. The number of hydrogen-bond donors (Lipinski definition) is 0. The molecular formula is C21H33N7. The van der Waals surface area contributed by atoms with Crippen molar-refractivity contribution in [2.75, 3.05) is 45.2 Å². The zero-order chi connectivity index (χ0) is 19.1. The van der Waals surface area contributed by atoms with Crippen LogP contribution in [0.5, 0.6) is 0 Å². The molecule has 7 heteroatoms. The van der Waals surface area contributed by atoms with Crippen LogP contribution in [0.1, 0.15) is 56.7 Å². The highest BCUT2D eigenvalue weighted by Crippen LogP contribution is 2.35. The molecule has 2 saturated heterocycles. The van der Waals surface area contributed by atoms with Crippen LogP contribution in [-0.4, -0.2) is 82.0 Å². The Hall–Kier alpha value is -1.73. The Labute approximate surface area is 167 Å². The second-order valence-electron chi connectivity index (χ2n) is 9.11. The van der Waals surface area contributed by atoms with Crippen molar-refractivity contribution in [3.63, 3.8) is 0 Å². The van der Waals surface area contributed by atoms with Gasteiger partial charge in [0.25, 0.3) is 0 Å². The van der Waals surface area contributed by atoms with E-state index in [9.17, 15) is 0 Å². The lowest BCUT2D eigenvalue weighted by Crippen LogP contribution is -2.59. The summed E-state index contributed by atoms with van der Waals surface area (Å²) in [5.74, 6) is 2.66. The molecule has 28 heavy (non-hydrogen) atoms. The van der Waals surface area contributed by atoms with Gasteiger partial charge in [0, 0.05) is 31.1 Å². The van der Waals surface area contributed by atoms with Crippen LogP contribution in [-0.2, 0) is 0 Å². The van der Waals surface area contributed by atoms with Crippen molar-refractivity contribution in [2.24, 2.45) is 0 Å². The highest BCUT2D eigenvalue weighted by atomic mass is 15.4. The number of hydrogen-bond acceptors (Lipinski definition) is 6. The van der Waals surface area contributed by atoms with Gasteiger partial charge in [-0.25, -0.2) is 0 Å². The molecule has 3 aliphatic rings. The third-order valence-corrected chi connectivity index (χ3v) is 7.29. The number of fused-ring (bicyclic) bond motifs is 1. The zero-order valence-electron chi connectivity index (χ0n) is 17.3. The average molecular weight is 384 g/mol. The van der Waals surface area contributed by atoms with Gasteiger partial charge in [-0.15, -0.1) is 15.3 Å². The maximum Gasteiger partial charge on any atom is 0.178 e. The first-order valence-corrected chi connectivity index (χ1v) is 11.1. The van der Waals surface area contributed by atoms with Crippen molar-refractivity contribution in [1.82, 2.24) is 29.6 Å². The molecule has 0 radical (unpaired) electrons. The number of nitrogens with zero attached hydrogens (tertiary/aromatic N) is 7. The fourth-order valence-electron chi connectivity index (χ4n) is 4.85. The molecule has 1 unspecified atom stereocenters. The number of likely N-dealkylation sites (tertiary alicyclic amines) is 1. The number of aromatic nitrogens is 4. The minimum absolute atomic E-state index is 0.547. The largest absolute Gasteiger partial charge is 0.352 e. The molecule has 0 bridgehead atoms. The number of likely N-dealkylation sites (N-methyl/N-ethyl adjacent to an activating group) is 1. The molecule has 1 aliphatic carbocycles. The Morgan fingerprint density at radius 2 is 1.93 bits per heavy atom. The summed E-state index contributed by atoms with van der Waals surface area (Å²) in [7, 11) is 4.58. The molecule has 0 amide bonds. The molecule has 0 aromatic carbocycles. The maximum atomic E-state index is 4.88. The summed E-state index contributed by atoms with van der Waals surface area (Å²) in [5, 5.41) is 13.6. The fraction of sp³-hybridized carbons (Fsp3) is 0.762. The predicted octanol–water partition coefficient (Wildman–Crippen LogP) is 2.39. The van der Waals surface area contributed by atoms with E-state index in [-0.39, 0.29) is 0 Å². The lowest BCUT2D eigenvalue weighted by atomic mass is 9.85. The van der Waals surface area contributed by atoms with Gasteiger partial charge in [-0.1, -0.05) is 12.8 Å². The lowest BCUT2D eigenvalue weighted by Gasteiger charge is -2.45. The van der Waals surface area contributed by atoms with Gasteiger partial charge in [-0.05, 0) is 71.4 Å². The van der Waals surface area contributed by atoms with E-state index < -0.39 is 0 Å². The normalized spacial score (nSPS) is 24.7. The second kappa shape index (κ2) is 7.59. The molecule has 3 fully saturated rings. The van der Waals surface area contributed by atoms with E-state index in [0.717, 1.165) is 36.4 Å². The van der Waals surface area contributed by atoms with Gasteiger partial charge in [0.1, 0.15) is 5.82 Å². The molecule has 2 aromatic rings. The molecule has 7 nitrogen and oxygen atoms in total. The highest BCUT2D eigenvalue weighted by Gasteiger charge is 2.32. The Balaban J connectivity index is 1.17. The maximum absolute atomic E-state index is 4.88. The Morgan fingerprint density at radius 1 is 1.07 bits per heavy atom. The van der Waals surface area contributed by atoms with Gasteiger partial charge in [0.05, 0.1) is 0 Å². The minimum Gasteiger partial charge on any atom is -0.352 e. The van der Waals surface area contributed by atoms with Crippen LogP contribution in [0.4, 0.5) is 5.82 Å². The number of anilines is 1. The SMILES string of the molecule is CN1CCCCC1CCN(C)C1CN(c2ccc3nnc(C4CCC4)n3n2)C1. The molecule has 4 heterocycles. The Bertz CT molecular complexity index is 808. The fourth-order valence-corrected chi connectivity index (χ4v) is 4.85. The smallest absolute Gasteiger partial charge is 0.178 e. The van der Waals surface area contributed by atoms with Crippen molar-refractivity contribution in [3.8, 4) is 0 Å². The summed E-state index contributed by atoms with van der Waals surface area (Å²) < 4.78 is 1.98. The van der Waals surface area contributed by atoms with E-state index in [1.807, 2.05) is 4.52 Å². The first kappa shape index (κ1) is 18.3. The van der Waals surface area contributed by atoms with Gasteiger partial charge in [-0.2, -0.15) is 4.52 Å². The van der Waals surface area contributed by atoms with E-state index >= 15 is 0 Å². The van der Waals surface area contributed by atoms with Crippen LogP contribution in [0.3, 0.4) is 0 Å². The van der Waals surface area contributed by atoms with Crippen molar-refractivity contribution < 1.29 is 0 Å². The van der Waals surface area contributed by atoms with E-state index in [1.165, 1.54) is 58.0 Å². The number of piperidine rings is 1. The molecule has 5 rings (SSSR count). The number of rotatable bonds is 6. The standard InChI is InChI=1S/C21H33N7/c1-25-12-4-3-8-17(25)11-13-26(2)18-14-27(15-18)20-10-9-19-22-23-21(28(19)24-20)16-6-5-7-16/h9-10,16-18H,3-8,11-15H2,1-2H3. The summed E-state index contributed by atoms with van der Waals surface area (Å²) in [6, 6.07) is 5.57. The van der Waals surface area contributed by atoms with Crippen molar-refractivity contribution >= 4 is 11.5 Å². The summed E-state index contributed by atoms with van der Waals surface area (Å²) in [6.07, 6.45) is 9.17. The van der Waals surface area contributed by atoms with Gasteiger partial charge in [0.15, 0.2) is 11.5 Å². The quantitative estimate of drug-likeness (QED) is 0.763. The first-order valence-electron chi connectivity index (χ1n) is 11.1. The molecule has 1 saturated carbocycles. The summed E-state index contributed by atoms with van der Waals surface area (Å²) in [6.45, 7) is 4.59. The van der Waals surface area contributed by atoms with Crippen molar-refractivity contribution in [3.05, 3.63) is 18.0 Å². The molecular weight excluding hydrogens is 350 g/mol. The Kier molecular flexibility index (Phi) is 4.97. The molecule has 2 aromatic heterocycles. The van der Waals surface area contributed by atoms with Crippen LogP contribution in [0.2, 0.25) is 0 Å². The van der Waals surface area contributed by atoms with Crippen molar-refractivity contribution in [1.29, 1.82) is 0 Å². The van der Waals surface area contributed by atoms with Gasteiger partial charge in [0.2, 0.25) is 0 Å².